The number of fused-ring (bicyclic) bond motifs is 3. The van der Waals surface area contributed by atoms with Crippen LogP contribution in [0.5, 0.6) is 0 Å². The summed E-state index contributed by atoms with van der Waals surface area (Å²) in [7, 11) is -4.11. The molecule has 5 aliphatic rings. The molecule has 1 aliphatic heterocycles. The molecule has 284 valence electrons. The van der Waals surface area contributed by atoms with Gasteiger partial charge in [-0.1, -0.05) is 80.4 Å². The fourth-order valence-corrected chi connectivity index (χ4v) is 9.12. The van der Waals surface area contributed by atoms with Gasteiger partial charge in [0.25, 0.3) is 5.91 Å². The van der Waals surface area contributed by atoms with Crippen LogP contribution in [0.2, 0.25) is 0 Å². The normalized spacial score (nSPS) is 25.4. The maximum atomic E-state index is 14.3. The van der Waals surface area contributed by atoms with Crippen molar-refractivity contribution < 1.29 is 41.2 Å². The number of benzene rings is 2. The Hall–Kier alpha value is -4.60. The number of oxime groups is 1. The van der Waals surface area contributed by atoms with E-state index in [1.807, 2.05) is 53.3 Å². The summed E-state index contributed by atoms with van der Waals surface area (Å²) in [4.78, 5) is 62.0. The SMILES string of the molecule is CC(C)[C@H](NC(=O)NC1CCCC1)C(=O)N1C[C@H](ON=C2c3ccccc3-c3ccccc32)C[C@H]1C(=O)N[C@@]1(C(=O)NS(=O)(=O)C2CC2)C[C@H]1C(F)F. The Bertz CT molecular complexity index is 1890. The molecule has 0 unspecified atom stereocenters. The molecule has 2 aromatic rings. The summed E-state index contributed by atoms with van der Waals surface area (Å²) in [5, 5.41) is 11.8. The van der Waals surface area contributed by atoms with Crippen molar-refractivity contribution in [3.8, 4) is 11.1 Å². The first-order chi connectivity index (χ1) is 25.3. The monoisotopic (exact) mass is 754 g/mol. The highest BCUT2D eigenvalue weighted by Crippen LogP contribution is 2.48. The Labute approximate surface area is 306 Å². The Morgan fingerprint density at radius 3 is 2.08 bits per heavy atom. The third kappa shape index (κ3) is 7.34. The molecule has 0 bridgehead atoms. The molecule has 7 rings (SSSR count). The first-order valence-electron chi connectivity index (χ1n) is 18.3. The molecule has 0 aromatic heterocycles. The topological polar surface area (TPSA) is 175 Å². The number of halogens is 2. The second-order valence-corrected chi connectivity index (χ2v) is 17.1. The molecule has 0 radical (unpaired) electrons. The minimum Gasteiger partial charge on any atom is -0.390 e. The summed E-state index contributed by atoms with van der Waals surface area (Å²) in [6.07, 6.45) is -0.147. The van der Waals surface area contributed by atoms with Gasteiger partial charge in [0.2, 0.25) is 28.3 Å². The van der Waals surface area contributed by atoms with E-state index >= 15 is 0 Å². The summed E-state index contributed by atoms with van der Waals surface area (Å²) >= 11 is 0. The van der Waals surface area contributed by atoms with Crippen molar-refractivity contribution in [2.24, 2.45) is 17.0 Å². The minimum absolute atomic E-state index is 0.0154. The molecule has 16 heteroatoms. The van der Waals surface area contributed by atoms with Crippen LogP contribution in [0, 0.1) is 11.8 Å². The first kappa shape index (κ1) is 36.7. The van der Waals surface area contributed by atoms with Crippen LogP contribution in [0.1, 0.15) is 76.3 Å². The van der Waals surface area contributed by atoms with Gasteiger partial charge in [0.05, 0.1) is 17.7 Å². The molecule has 5 atom stereocenters. The van der Waals surface area contributed by atoms with Crippen LogP contribution in [0.4, 0.5) is 13.6 Å². The summed E-state index contributed by atoms with van der Waals surface area (Å²) in [6.45, 7) is 3.35. The second-order valence-electron chi connectivity index (χ2n) is 15.1. The van der Waals surface area contributed by atoms with Crippen molar-refractivity contribution in [1.29, 1.82) is 0 Å². The molecule has 4 N–H and O–H groups in total. The van der Waals surface area contributed by atoms with E-state index in [2.05, 4.69) is 21.1 Å². The zero-order valence-corrected chi connectivity index (χ0v) is 30.3. The van der Waals surface area contributed by atoms with Crippen LogP contribution >= 0.6 is 0 Å². The van der Waals surface area contributed by atoms with E-state index in [4.69, 9.17) is 4.84 Å². The molecule has 1 heterocycles. The highest BCUT2D eigenvalue weighted by atomic mass is 32.2. The fourth-order valence-electron chi connectivity index (χ4n) is 7.75. The molecule has 4 fully saturated rings. The van der Waals surface area contributed by atoms with Crippen molar-refractivity contribution in [2.75, 3.05) is 6.54 Å². The van der Waals surface area contributed by atoms with Crippen molar-refractivity contribution in [2.45, 2.75) is 107 Å². The molecule has 0 spiro atoms. The minimum atomic E-state index is -4.11. The van der Waals surface area contributed by atoms with Gasteiger partial charge in [0.15, 0.2) is 0 Å². The predicted molar refractivity (Wildman–Crippen MR) is 190 cm³/mol. The lowest BCUT2D eigenvalue weighted by atomic mass is 10.0. The third-order valence-corrected chi connectivity index (χ3v) is 12.8. The van der Waals surface area contributed by atoms with Crippen LogP contribution in [-0.4, -0.2) is 90.8 Å². The molecular formula is C37H44F2N6O7S. The Morgan fingerprint density at radius 1 is 0.925 bits per heavy atom. The summed E-state index contributed by atoms with van der Waals surface area (Å²) in [5.41, 5.74) is 2.00. The highest BCUT2D eigenvalue weighted by molar-refractivity contribution is 7.91. The molecular weight excluding hydrogens is 711 g/mol. The van der Waals surface area contributed by atoms with Gasteiger partial charge in [0.1, 0.15) is 29.4 Å². The number of urea groups is 1. The van der Waals surface area contributed by atoms with Gasteiger partial charge in [-0.05, 0) is 49.1 Å². The second kappa shape index (κ2) is 14.3. The number of carbonyl (C=O) groups excluding carboxylic acids is 4. The predicted octanol–water partition coefficient (Wildman–Crippen LogP) is 3.42. The van der Waals surface area contributed by atoms with Gasteiger partial charge in [-0.15, -0.1) is 0 Å². The summed E-state index contributed by atoms with van der Waals surface area (Å²) in [6, 6.07) is 12.4. The smallest absolute Gasteiger partial charge is 0.315 e. The zero-order valence-electron chi connectivity index (χ0n) is 29.5. The van der Waals surface area contributed by atoms with Crippen molar-refractivity contribution in [1.82, 2.24) is 25.6 Å². The molecule has 5 amide bonds. The average molecular weight is 755 g/mol. The lowest BCUT2D eigenvalue weighted by Gasteiger charge is -2.31. The maximum Gasteiger partial charge on any atom is 0.315 e. The van der Waals surface area contributed by atoms with Crippen LogP contribution in [0.15, 0.2) is 53.7 Å². The van der Waals surface area contributed by atoms with Crippen molar-refractivity contribution in [3.63, 3.8) is 0 Å². The average Bonchev–Trinajstić information content (AvgIpc) is 3.97. The van der Waals surface area contributed by atoms with E-state index in [-0.39, 0.29) is 19.0 Å². The number of carbonyl (C=O) groups is 4. The number of nitrogens with zero attached hydrogens (tertiary/aromatic N) is 2. The zero-order chi connectivity index (χ0) is 37.7. The lowest BCUT2D eigenvalue weighted by molar-refractivity contribution is -0.142. The van der Waals surface area contributed by atoms with Gasteiger partial charge < -0.3 is 25.7 Å². The Balaban J connectivity index is 1.15. The molecule has 1 saturated heterocycles. The molecule has 53 heavy (non-hydrogen) atoms. The Morgan fingerprint density at radius 2 is 1.53 bits per heavy atom. The first-order valence-corrected chi connectivity index (χ1v) is 19.8. The number of alkyl halides is 2. The van der Waals surface area contributed by atoms with Crippen LogP contribution < -0.4 is 20.7 Å². The molecule has 4 aliphatic carbocycles. The van der Waals surface area contributed by atoms with E-state index in [1.54, 1.807) is 13.8 Å². The van der Waals surface area contributed by atoms with Crippen molar-refractivity contribution in [3.05, 3.63) is 59.7 Å². The van der Waals surface area contributed by atoms with E-state index in [1.165, 1.54) is 4.90 Å². The molecule has 13 nitrogen and oxygen atoms in total. The van der Waals surface area contributed by atoms with Crippen molar-refractivity contribution >= 4 is 39.5 Å². The van der Waals surface area contributed by atoms with Gasteiger partial charge in [-0.2, -0.15) is 0 Å². The van der Waals surface area contributed by atoms with Crippen LogP contribution in [-0.2, 0) is 29.2 Å². The maximum absolute atomic E-state index is 14.3. The van der Waals surface area contributed by atoms with Gasteiger partial charge in [-0.3, -0.25) is 19.1 Å². The highest BCUT2D eigenvalue weighted by Gasteiger charge is 2.66. The quantitative estimate of drug-likeness (QED) is 0.205. The van der Waals surface area contributed by atoms with Gasteiger partial charge in [-0.25, -0.2) is 22.0 Å². The van der Waals surface area contributed by atoms with Gasteiger partial charge in [0, 0.05) is 23.6 Å². The Kier molecular flexibility index (Phi) is 9.93. The van der Waals surface area contributed by atoms with E-state index in [9.17, 15) is 36.4 Å². The summed E-state index contributed by atoms with van der Waals surface area (Å²) < 4.78 is 55.2. The number of amides is 5. The number of likely N-dealkylation sites (tertiary alicyclic amines) is 1. The number of sulfonamides is 1. The number of hydrogen-bond donors (Lipinski definition) is 4. The standard InChI is InChI=1S/C37H44F2N6O7S/c1-20(2)30(41-36(49)40-21-9-3-4-10-21)34(47)45-19-22(52-43-31-26-13-7-5-11-24(26)25-12-6-8-14-27(25)31)17-29(45)33(46)42-37(18-28(37)32(38)39)35(48)44-53(50,51)23-15-16-23/h5-8,11-14,20-23,28-30,32H,3-4,9-10,15-19H2,1-2H3,(H,42,46)(H,44,48)(H2,40,41,49)/t22-,28+,29+,30+,37+/m1/s1. The van der Waals surface area contributed by atoms with E-state index in [0.29, 0.717) is 18.6 Å². The fraction of sp³-hybridized carbons (Fsp3) is 0.541. The molecule has 2 aromatic carbocycles. The number of rotatable bonds is 12. The van der Waals surface area contributed by atoms with Crippen LogP contribution in [0.25, 0.3) is 11.1 Å². The lowest BCUT2D eigenvalue weighted by Crippen LogP contribution is -2.60. The van der Waals surface area contributed by atoms with E-state index < -0.39 is 87.4 Å². The molecule has 3 saturated carbocycles. The van der Waals surface area contributed by atoms with Crippen LogP contribution in [0.3, 0.4) is 0 Å². The summed E-state index contributed by atoms with van der Waals surface area (Å²) in [5.74, 6) is -4.80. The third-order valence-electron chi connectivity index (χ3n) is 11.0. The van der Waals surface area contributed by atoms with Gasteiger partial charge >= 0.3 is 6.03 Å². The van der Waals surface area contributed by atoms with E-state index in [0.717, 1.165) is 47.9 Å². The largest absolute Gasteiger partial charge is 0.390 e. The number of hydrogen-bond acceptors (Lipinski definition) is 8. The number of nitrogens with one attached hydrogen (secondary N) is 4.